The maximum atomic E-state index is 11.9. The van der Waals surface area contributed by atoms with Crippen LogP contribution in [-0.4, -0.2) is 32.1 Å². The number of rotatable bonds is 8. The van der Waals surface area contributed by atoms with Crippen LogP contribution < -0.4 is 20.5 Å². The van der Waals surface area contributed by atoms with E-state index < -0.39 is 5.91 Å². The Bertz CT molecular complexity index is 759. The predicted octanol–water partition coefficient (Wildman–Crippen LogP) is 1.84. The molecule has 2 aromatic rings. The van der Waals surface area contributed by atoms with Crippen molar-refractivity contribution in [2.24, 2.45) is 5.73 Å². The third kappa shape index (κ3) is 5.24. The minimum absolute atomic E-state index is 0.202. The van der Waals surface area contributed by atoms with E-state index in [0.717, 1.165) is 6.42 Å². The SMILES string of the molecule is COc1ccc(C(N)=O)c(OCC(=O)NCCc2ccccc2C)c1. The fourth-order valence-electron chi connectivity index (χ4n) is 2.37. The Morgan fingerprint density at radius 1 is 1.16 bits per heavy atom. The molecule has 3 N–H and O–H groups in total. The summed E-state index contributed by atoms with van der Waals surface area (Å²) in [5, 5.41) is 2.79. The van der Waals surface area contributed by atoms with E-state index in [-0.39, 0.29) is 23.8 Å². The Hall–Kier alpha value is -3.02. The van der Waals surface area contributed by atoms with Gasteiger partial charge in [0.15, 0.2) is 6.61 Å². The second-order valence-corrected chi connectivity index (χ2v) is 5.54. The van der Waals surface area contributed by atoms with Crippen molar-refractivity contribution in [3.8, 4) is 11.5 Å². The summed E-state index contributed by atoms with van der Waals surface area (Å²) in [4.78, 5) is 23.4. The summed E-state index contributed by atoms with van der Waals surface area (Å²) in [6, 6.07) is 12.7. The third-order valence-electron chi connectivity index (χ3n) is 3.79. The number of carbonyl (C=O) groups excluding carboxylic acids is 2. The molecule has 0 unspecified atom stereocenters. The minimum atomic E-state index is -0.627. The summed E-state index contributed by atoms with van der Waals surface area (Å²) >= 11 is 0. The van der Waals surface area contributed by atoms with Crippen molar-refractivity contribution in [2.75, 3.05) is 20.3 Å². The quantitative estimate of drug-likeness (QED) is 0.766. The van der Waals surface area contributed by atoms with E-state index in [1.807, 2.05) is 31.2 Å². The second-order valence-electron chi connectivity index (χ2n) is 5.54. The highest BCUT2D eigenvalue weighted by molar-refractivity contribution is 5.96. The van der Waals surface area contributed by atoms with Crippen LogP contribution in [0.3, 0.4) is 0 Å². The number of nitrogens with one attached hydrogen (secondary N) is 1. The van der Waals surface area contributed by atoms with Crippen molar-refractivity contribution in [3.05, 3.63) is 59.2 Å². The molecule has 25 heavy (non-hydrogen) atoms. The topological polar surface area (TPSA) is 90.7 Å². The molecule has 0 atom stereocenters. The third-order valence-corrected chi connectivity index (χ3v) is 3.79. The van der Waals surface area contributed by atoms with Crippen molar-refractivity contribution in [2.45, 2.75) is 13.3 Å². The van der Waals surface area contributed by atoms with Crippen LogP contribution >= 0.6 is 0 Å². The summed E-state index contributed by atoms with van der Waals surface area (Å²) in [6.45, 7) is 2.34. The van der Waals surface area contributed by atoms with Gasteiger partial charge in [-0.15, -0.1) is 0 Å². The summed E-state index contributed by atoms with van der Waals surface area (Å²) < 4.78 is 10.5. The van der Waals surface area contributed by atoms with Crippen LogP contribution in [0.4, 0.5) is 0 Å². The standard InChI is InChI=1S/C19H22N2O4/c1-13-5-3-4-6-14(13)9-10-21-18(22)12-25-17-11-15(24-2)7-8-16(17)19(20)23/h3-8,11H,9-10,12H2,1-2H3,(H2,20,23)(H,21,22). The Balaban J connectivity index is 1.87. The number of carbonyl (C=O) groups is 2. The van der Waals surface area contributed by atoms with Crippen LogP contribution in [0.2, 0.25) is 0 Å². The molecule has 2 aromatic carbocycles. The lowest BCUT2D eigenvalue weighted by atomic mass is 10.1. The largest absolute Gasteiger partial charge is 0.497 e. The van der Waals surface area contributed by atoms with E-state index in [9.17, 15) is 9.59 Å². The Kier molecular flexibility index (Phi) is 6.39. The zero-order valence-electron chi connectivity index (χ0n) is 14.4. The average Bonchev–Trinajstić information content (AvgIpc) is 2.61. The van der Waals surface area contributed by atoms with Gasteiger partial charge < -0.3 is 20.5 Å². The van der Waals surface area contributed by atoms with Crippen LogP contribution in [-0.2, 0) is 11.2 Å². The molecule has 0 saturated carbocycles. The molecule has 132 valence electrons. The first kappa shape index (κ1) is 18.3. The first-order valence-corrected chi connectivity index (χ1v) is 7.93. The lowest BCUT2D eigenvalue weighted by Gasteiger charge is -2.12. The van der Waals surface area contributed by atoms with Gasteiger partial charge in [0, 0.05) is 12.6 Å². The van der Waals surface area contributed by atoms with E-state index >= 15 is 0 Å². The zero-order chi connectivity index (χ0) is 18.2. The van der Waals surface area contributed by atoms with Crippen molar-refractivity contribution < 1.29 is 19.1 Å². The van der Waals surface area contributed by atoms with Crippen molar-refractivity contribution >= 4 is 11.8 Å². The second kappa shape index (κ2) is 8.73. The predicted molar refractivity (Wildman–Crippen MR) is 94.9 cm³/mol. The van der Waals surface area contributed by atoms with E-state index in [4.69, 9.17) is 15.2 Å². The monoisotopic (exact) mass is 342 g/mol. The Morgan fingerprint density at radius 2 is 1.92 bits per heavy atom. The lowest BCUT2D eigenvalue weighted by molar-refractivity contribution is -0.123. The maximum absolute atomic E-state index is 11.9. The lowest BCUT2D eigenvalue weighted by Crippen LogP contribution is -2.31. The molecule has 0 saturated heterocycles. The van der Waals surface area contributed by atoms with Crippen molar-refractivity contribution in [3.63, 3.8) is 0 Å². The molecule has 6 heteroatoms. The van der Waals surface area contributed by atoms with Gasteiger partial charge in [0.2, 0.25) is 0 Å². The number of primary amides is 1. The smallest absolute Gasteiger partial charge is 0.257 e. The molecule has 6 nitrogen and oxygen atoms in total. The van der Waals surface area contributed by atoms with Crippen LogP contribution in [0.15, 0.2) is 42.5 Å². The van der Waals surface area contributed by atoms with Crippen molar-refractivity contribution in [1.29, 1.82) is 0 Å². The molecule has 2 rings (SSSR count). The molecule has 0 aliphatic carbocycles. The highest BCUT2D eigenvalue weighted by Gasteiger charge is 2.12. The van der Waals surface area contributed by atoms with Crippen LogP contribution in [0, 0.1) is 6.92 Å². The summed E-state index contributed by atoms with van der Waals surface area (Å²) in [5.74, 6) is -0.162. The van der Waals surface area contributed by atoms with Crippen LogP contribution in [0.1, 0.15) is 21.5 Å². The highest BCUT2D eigenvalue weighted by Crippen LogP contribution is 2.24. The molecule has 0 aliphatic heterocycles. The molecule has 0 spiro atoms. The van der Waals surface area contributed by atoms with Gasteiger partial charge in [-0.25, -0.2) is 0 Å². The molecule has 0 radical (unpaired) electrons. The number of hydrogen-bond acceptors (Lipinski definition) is 4. The van der Waals surface area contributed by atoms with Gasteiger partial charge in [-0.05, 0) is 36.6 Å². The fraction of sp³-hybridized carbons (Fsp3) is 0.263. The molecule has 0 fully saturated rings. The molecule has 0 aromatic heterocycles. The van der Waals surface area contributed by atoms with Gasteiger partial charge in [0.25, 0.3) is 11.8 Å². The minimum Gasteiger partial charge on any atom is -0.497 e. The number of ether oxygens (including phenoxy) is 2. The molecular weight excluding hydrogens is 320 g/mol. The van der Waals surface area contributed by atoms with Gasteiger partial charge in [-0.3, -0.25) is 9.59 Å². The number of aryl methyl sites for hydroxylation is 1. The number of nitrogens with two attached hydrogens (primary N) is 1. The Morgan fingerprint density at radius 3 is 2.60 bits per heavy atom. The number of methoxy groups -OCH3 is 1. The maximum Gasteiger partial charge on any atom is 0.257 e. The zero-order valence-corrected chi connectivity index (χ0v) is 14.4. The van der Waals surface area contributed by atoms with E-state index in [1.165, 1.54) is 30.4 Å². The summed E-state index contributed by atoms with van der Waals surface area (Å²) in [6.07, 6.45) is 0.740. The van der Waals surface area contributed by atoms with Gasteiger partial charge in [0.1, 0.15) is 11.5 Å². The molecular formula is C19H22N2O4. The molecule has 0 bridgehead atoms. The summed E-state index contributed by atoms with van der Waals surface area (Å²) in [5.41, 5.74) is 7.89. The fourth-order valence-corrected chi connectivity index (χ4v) is 2.37. The summed E-state index contributed by atoms with van der Waals surface area (Å²) in [7, 11) is 1.50. The molecule has 0 heterocycles. The normalized spacial score (nSPS) is 10.2. The van der Waals surface area contributed by atoms with Crippen LogP contribution in [0.25, 0.3) is 0 Å². The highest BCUT2D eigenvalue weighted by atomic mass is 16.5. The van der Waals surface area contributed by atoms with Gasteiger partial charge >= 0.3 is 0 Å². The first-order valence-electron chi connectivity index (χ1n) is 7.93. The average molecular weight is 342 g/mol. The molecule has 0 aliphatic rings. The van der Waals surface area contributed by atoms with Gasteiger partial charge in [0.05, 0.1) is 12.7 Å². The van der Waals surface area contributed by atoms with E-state index in [0.29, 0.717) is 12.3 Å². The van der Waals surface area contributed by atoms with E-state index in [1.54, 1.807) is 6.07 Å². The molecule has 2 amide bonds. The van der Waals surface area contributed by atoms with Gasteiger partial charge in [-0.2, -0.15) is 0 Å². The number of amides is 2. The number of hydrogen-bond donors (Lipinski definition) is 2. The van der Waals surface area contributed by atoms with Crippen molar-refractivity contribution in [1.82, 2.24) is 5.32 Å². The van der Waals surface area contributed by atoms with Gasteiger partial charge in [-0.1, -0.05) is 24.3 Å². The Labute approximate surface area is 146 Å². The number of benzene rings is 2. The van der Waals surface area contributed by atoms with E-state index in [2.05, 4.69) is 5.32 Å². The van der Waals surface area contributed by atoms with Crippen LogP contribution in [0.5, 0.6) is 11.5 Å². The first-order chi connectivity index (χ1) is 12.0.